The molecule has 0 saturated carbocycles. The van der Waals surface area contributed by atoms with Crippen LogP contribution in [0.1, 0.15) is 37.0 Å². The molecule has 1 aliphatic heterocycles. The maximum absolute atomic E-state index is 12.3. The minimum atomic E-state index is 0.0220. The summed E-state index contributed by atoms with van der Waals surface area (Å²) in [6, 6.07) is 0. The molecular formula is C12H20N4O. The fourth-order valence-electron chi connectivity index (χ4n) is 2.31. The van der Waals surface area contributed by atoms with E-state index in [2.05, 4.69) is 12.0 Å². The molecule has 1 aliphatic rings. The molecular weight excluding hydrogens is 216 g/mol. The topological polar surface area (TPSA) is 64.2 Å². The second kappa shape index (κ2) is 4.77. The summed E-state index contributed by atoms with van der Waals surface area (Å²) >= 11 is 0. The summed E-state index contributed by atoms with van der Waals surface area (Å²) in [5.41, 5.74) is 6.32. The number of piperidine rings is 1. The third-order valence-electron chi connectivity index (χ3n) is 3.29. The Bertz CT molecular complexity index is 413. The highest BCUT2D eigenvalue weighted by Crippen LogP contribution is 2.19. The molecule has 0 spiro atoms. The zero-order chi connectivity index (χ0) is 12.4. The second-order valence-electron chi connectivity index (χ2n) is 4.78. The Morgan fingerprint density at radius 3 is 3.00 bits per heavy atom. The van der Waals surface area contributed by atoms with Crippen LogP contribution < -0.4 is 5.73 Å². The van der Waals surface area contributed by atoms with E-state index in [1.54, 1.807) is 10.9 Å². The molecule has 1 aromatic heterocycles. The highest BCUT2D eigenvalue weighted by atomic mass is 16.2. The molecule has 0 aromatic carbocycles. The molecule has 1 unspecified atom stereocenters. The molecule has 1 amide bonds. The van der Waals surface area contributed by atoms with E-state index in [0.29, 0.717) is 17.3 Å². The molecule has 1 saturated heterocycles. The van der Waals surface area contributed by atoms with Gasteiger partial charge >= 0.3 is 0 Å². The maximum atomic E-state index is 12.3. The van der Waals surface area contributed by atoms with Gasteiger partial charge in [-0.05, 0) is 25.7 Å². The van der Waals surface area contributed by atoms with Gasteiger partial charge in [0.15, 0.2) is 5.82 Å². The van der Waals surface area contributed by atoms with Crippen molar-refractivity contribution in [3.05, 3.63) is 11.8 Å². The van der Waals surface area contributed by atoms with Crippen LogP contribution in [0.2, 0.25) is 0 Å². The van der Waals surface area contributed by atoms with Crippen molar-refractivity contribution in [3.8, 4) is 0 Å². The summed E-state index contributed by atoms with van der Waals surface area (Å²) in [6.07, 6.45) is 4.03. The van der Waals surface area contributed by atoms with E-state index in [0.717, 1.165) is 26.1 Å². The van der Waals surface area contributed by atoms with Crippen molar-refractivity contribution in [2.24, 2.45) is 5.92 Å². The van der Waals surface area contributed by atoms with Crippen LogP contribution in [-0.2, 0) is 6.54 Å². The highest BCUT2D eigenvalue weighted by molar-refractivity contribution is 5.98. The quantitative estimate of drug-likeness (QED) is 0.843. The smallest absolute Gasteiger partial charge is 0.259 e. The van der Waals surface area contributed by atoms with Crippen LogP contribution in [-0.4, -0.2) is 33.7 Å². The first kappa shape index (κ1) is 12.0. The highest BCUT2D eigenvalue weighted by Gasteiger charge is 2.24. The van der Waals surface area contributed by atoms with E-state index in [1.807, 2.05) is 11.8 Å². The molecule has 2 rings (SSSR count). The van der Waals surface area contributed by atoms with Gasteiger partial charge in [0.1, 0.15) is 5.56 Å². The first-order chi connectivity index (χ1) is 8.11. The van der Waals surface area contributed by atoms with Crippen molar-refractivity contribution in [1.29, 1.82) is 0 Å². The van der Waals surface area contributed by atoms with E-state index in [4.69, 9.17) is 5.73 Å². The number of hydrogen-bond acceptors (Lipinski definition) is 3. The first-order valence-corrected chi connectivity index (χ1v) is 6.24. The summed E-state index contributed by atoms with van der Waals surface area (Å²) in [5, 5.41) is 4.11. The van der Waals surface area contributed by atoms with Gasteiger partial charge in [-0.15, -0.1) is 0 Å². The van der Waals surface area contributed by atoms with Gasteiger partial charge in [0, 0.05) is 25.8 Å². The number of amides is 1. The lowest BCUT2D eigenvalue weighted by Gasteiger charge is -2.30. The molecule has 2 heterocycles. The van der Waals surface area contributed by atoms with Crippen LogP contribution in [0.25, 0.3) is 0 Å². The number of hydrogen-bond donors (Lipinski definition) is 1. The fraction of sp³-hybridized carbons (Fsp3) is 0.667. The standard InChI is InChI=1S/C12H20N4O/c1-3-16-8-10(11(13)14-16)12(17)15-6-4-5-9(2)7-15/h8-9H,3-7H2,1-2H3,(H2,13,14). The van der Waals surface area contributed by atoms with Crippen LogP contribution in [0.3, 0.4) is 0 Å². The van der Waals surface area contributed by atoms with Gasteiger partial charge < -0.3 is 10.6 Å². The predicted octanol–water partition coefficient (Wildman–Crippen LogP) is 1.36. The molecule has 1 fully saturated rings. The van der Waals surface area contributed by atoms with Crippen molar-refractivity contribution in [2.75, 3.05) is 18.8 Å². The van der Waals surface area contributed by atoms with Crippen LogP contribution >= 0.6 is 0 Å². The van der Waals surface area contributed by atoms with Crippen LogP contribution in [0.5, 0.6) is 0 Å². The molecule has 94 valence electrons. The van der Waals surface area contributed by atoms with Crippen molar-refractivity contribution >= 4 is 11.7 Å². The van der Waals surface area contributed by atoms with Crippen LogP contribution in [0, 0.1) is 5.92 Å². The number of nitrogens with two attached hydrogens (primary N) is 1. The Balaban J connectivity index is 2.15. The van der Waals surface area contributed by atoms with Gasteiger partial charge in [0.2, 0.25) is 0 Å². The Kier molecular flexibility index (Phi) is 3.36. The number of carbonyl (C=O) groups is 1. The van der Waals surface area contributed by atoms with Gasteiger partial charge in [-0.3, -0.25) is 9.48 Å². The summed E-state index contributed by atoms with van der Waals surface area (Å²) in [5.74, 6) is 0.943. The lowest BCUT2D eigenvalue weighted by molar-refractivity contribution is 0.0684. The van der Waals surface area contributed by atoms with Crippen molar-refractivity contribution in [2.45, 2.75) is 33.2 Å². The molecule has 1 aromatic rings. The molecule has 0 bridgehead atoms. The molecule has 2 N–H and O–H groups in total. The van der Waals surface area contributed by atoms with Gasteiger partial charge in [-0.25, -0.2) is 0 Å². The minimum absolute atomic E-state index is 0.0220. The van der Waals surface area contributed by atoms with Gasteiger partial charge in [-0.2, -0.15) is 5.10 Å². The molecule has 17 heavy (non-hydrogen) atoms. The van der Waals surface area contributed by atoms with Crippen molar-refractivity contribution in [3.63, 3.8) is 0 Å². The monoisotopic (exact) mass is 236 g/mol. The van der Waals surface area contributed by atoms with E-state index < -0.39 is 0 Å². The number of nitrogens with zero attached hydrogens (tertiary/aromatic N) is 3. The average Bonchev–Trinajstić information content (AvgIpc) is 2.69. The third-order valence-corrected chi connectivity index (χ3v) is 3.29. The summed E-state index contributed by atoms with van der Waals surface area (Å²) in [4.78, 5) is 14.2. The normalized spacial score (nSPS) is 20.6. The fourth-order valence-corrected chi connectivity index (χ4v) is 2.31. The Hall–Kier alpha value is -1.52. The SMILES string of the molecule is CCn1cc(C(=O)N2CCCC(C)C2)c(N)n1. The van der Waals surface area contributed by atoms with E-state index in [9.17, 15) is 4.79 Å². The summed E-state index contributed by atoms with van der Waals surface area (Å²) in [6.45, 7) is 6.55. The molecule has 5 heteroatoms. The van der Waals surface area contributed by atoms with Gasteiger partial charge in [0.25, 0.3) is 5.91 Å². The Morgan fingerprint density at radius 1 is 1.65 bits per heavy atom. The Labute approximate surface area is 102 Å². The number of anilines is 1. The number of aromatic nitrogens is 2. The van der Waals surface area contributed by atoms with E-state index >= 15 is 0 Å². The molecule has 1 atom stereocenters. The van der Waals surface area contributed by atoms with Gasteiger partial charge in [-0.1, -0.05) is 6.92 Å². The lowest BCUT2D eigenvalue weighted by Crippen LogP contribution is -2.39. The summed E-state index contributed by atoms with van der Waals surface area (Å²) in [7, 11) is 0. The lowest BCUT2D eigenvalue weighted by atomic mass is 10.00. The van der Waals surface area contributed by atoms with Crippen molar-refractivity contribution < 1.29 is 4.79 Å². The zero-order valence-electron chi connectivity index (χ0n) is 10.5. The number of nitrogen functional groups attached to an aromatic ring is 1. The summed E-state index contributed by atoms with van der Waals surface area (Å²) < 4.78 is 1.70. The maximum Gasteiger partial charge on any atom is 0.259 e. The van der Waals surface area contributed by atoms with Gasteiger partial charge in [0.05, 0.1) is 0 Å². The largest absolute Gasteiger partial charge is 0.382 e. The number of likely N-dealkylation sites (tertiary alicyclic amines) is 1. The zero-order valence-corrected chi connectivity index (χ0v) is 10.5. The van der Waals surface area contributed by atoms with E-state index in [-0.39, 0.29) is 5.91 Å². The molecule has 0 radical (unpaired) electrons. The first-order valence-electron chi connectivity index (χ1n) is 6.24. The van der Waals surface area contributed by atoms with E-state index in [1.165, 1.54) is 6.42 Å². The molecule has 5 nitrogen and oxygen atoms in total. The number of rotatable bonds is 2. The third kappa shape index (κ3) is 2.43. The predicted molar refractivity (Wildman–Crippen MR) is 66.6 cm³/mol. The average molecular weight is 236 g/mol. The van der Waals surface area contributed by atoms with Crippen LogP contribution in [0.15, 0.2) is 6.20 Å². The minimum Gasteiger partial charge on any atom is -0.382 e. The number of aryl methyl sites for hydroxylation is 1. The van der Waals surface area contributed by atoms with Crippen molar-refractivity contribution in [1.82, 2.24) is 14.7 Å². The number of carbonyl (C=O) groups excluding carboxylic acids is 1. The van der Waals surface area contributed by atoms with Crippen LogP contribution in [0.4, 0.5) is 5.82 Å². The Morgan fingerprint density at radius 2 is 2.41 bits per heavy atom. The molecule has 0 aliphatic carbocycles. The second-order valence-corrected chi connectivity index (χ2v) is 4.78.